The molecule has 44 heavy (non-hydrogen) atoms. The maximum absolute atomic E-state index is 13.8. The molecule has 2 atom stereocenters. The molecule has 1 aliphatic carbocycles. The predicted molar refractivity (Wildman–Crippen MR) is 169 cm³/mol. The predicted octanol–water partition coefficient (Wildman–Crippen LogP) is 7.40. The standard InChI is InChI=1S/C35H36F3N3O2S/c1-24-6-4-7-26(20-24)23-41-30-10-2-3-11-31(30)44-32(34(41)43)21-25-12-14-27(15-13-25)33(42)40-18-16-39(17-19-40)29-9-5-8-28(22-29)35(36,37)38/h4-9,12-15,20-22,30-31H,2-3,10-11,16-19,23H2,1H3/b32-21+. The summed E-state index contributed by atoms with van der Waals surface area (Å²) in [6, 6.07) is 21.3. The summed E-state index contributed by atoms with van der Waals surface area (Å²) in [7, 11) is 0. The third-order valence-corrected chi connectivity index (χ3v) is 10.2. The first-order valence-electron chi connectivity index (χ1n) is 15.2. The normalized spacial score (nSPS) is 21.9. The van der Waals surface area contributed by atoms with Gasteiger partial charge < -0.3 is 14.7 Å². The first-order valence-corrected chi connectivity index (χ1v) is 16.1. The zero-order chi connectivity index (χ0) is 30.8. The van der Waals surface area contributed by atoms with Crippen LogP contribution >= 0.6 is 11.8 Å². The number of carbonyl (C=O) groups excluding carboxylic acids is 2. The molecule has 2 aliphatic heterocycles. The Kier molecular flexibility index (Phi) is 8.76. The summed E-state index contributed by atoms with van der Waals surface area (Å²) in [6.07, 6.45) is 2.01. The van der Waals surface area contributed by atoms with Gasteiger partial charge in [0.15, 0.2) is 0 Å². The number of amides is 2. The van der Waals surface area contributed by atoms with Crippen molar-refractivity contribution in [2.24, 2.45) is 0 Å². The number of benzene rings is 3. The molecule has 5 nitrogen and oxygen atoms in total. The minimum atomic E-state index is -4.39. The maximum atomic E-state index is 13.8. The van der Waals surface area contributed by atoms with Crippen LogP contribution in [0.25, 0.3) is 6.08 Å². The number of rotatable bonds is 5. The van der Waals surface area contributed by atoms with Gasteiger partial charge in [0.25, 0.3) is 11.8 Å². The number of carbonyl (C=O) groups is 2. The Morgan fingerprint density at radius 3 is 2.39 bits per heavy atom. The Morgan fingerprint density at radius 1 is 0.932 bits per heavy atom. The molecule has 2 unspecified atom stereocenters. The molecular formula is C35H36F3N3O2S. The van der Waals surface area contributed by atoms with Gasteiger partial charge in [-0.2, -0.15) is 13.2 Å². The molecule has 3 aromatic carbocycles. The molecule has 2 saturated heterocycles. The van der Waals surface area contributed by atoms with Crippen molar-refractivity contribution in [1.82, 2.24) is 9.80 Å². The molecule has 9 heteroatoms. The molecule has 3 fully saturated rings. The Morgan fingerprint density at radius 2 is 1.66 bits per heavy atom. The van der Waals surface area contributed by atoms with E-state index in [0.29, 0.717) is 49.2 Å². The number of halogens is 3. The number of piperazine rings is 1. The van der Waals surface area contributed by atoms with Crippen LogP contribution in [-0.4, -0.2) is 59.1 Å². The van der Waals surface area contributed by atoms with Crippen molar-refractivity contribution in [2.45, 2.75) is 56.6 Å². The van der Waals surface area contributed by atoms with Crippen molar-refractivity contribution >= 4 is 35.3 Å². The largest absolute Gasteiger partial charge is 0.416 e. The molecule has 0 radical (unpaired) electrons. The summed E-state index contributed by atoms with van der Waals surface area (Å²) in [5.74, 6) is -0.0381. The second-order valence-corrected chi connectivity index (χ2v) is 13.2. The second kappa shape index (κ2) is 12.7. The van der Waals surface area contributed by atoms with E-state index in [-0.39, 0.29) is 17.9 Å². The number of aryl methyl sites for hydroxylation is 1. The average Bonchev–Trinajstić information content (AvgIpc) is 3.03. The van der Waals surface area contributed by atoms with Crippen LogP contribution < -0.4 is 4.90 Å². The molecular weight excluding hydrogens is 583 g/mol. The van der Waals surface area contributed by atoms with E-state index in [1.165, 1.54) is 18.1 Å². The minimum absolute atomic E-state index is 0.0680. The number of alkyl halides is 3. The Balaban J connectivity index is 1.12. The van der Waals surface area contributed by atoms with E-state index in [1.807, 2.05) is 29.2 Å². The molecule has 0 bridgehead atoms. The topological polar surface area (TPSA) is 43.9 Å². The summed E-state index contributed by atoms with van der Waals surface area (Å²) >= 11 is 1.70. The molecule has 0 N–H and O–H groups in total. The van der Waals surface area contributed by atoms with Crippen LogP contribution in [-0.2, 0) is 17.5 Å². The third-order valence-electron chi connectivity index (χ3n) is 8.81. The monoisotopic (exact) mass is 619 g/mol. The fourth-order valence-corrected chi connectivity index (χ4v) is 7.94. The van der Waals surface area contributed by atoms with Crippen LogP contribution in [0.2, 0.25) is 0 Å². The SMILES string of the molecule is Cc1cccc(CN2C(=O)/C(=C\c3ccc(C(=O)N4CCN(c5cccc(C(F)(F)F)c5)CC4)cc3)SC3CCCCC32)c1. The summed E-state index contributed by atoms with van der Waals surface area (Å²) < 4.78 is 39.5. The van der Waals surface area contributed by atoms with Crippen molar-refractivity contribution in [1.29, 1.82) is 0 Å². The first kappa shape index (κ1) is 30.3. The van der Waals surface area contributed by atoms with Gasteiger partial charge in [0, 0.05) is 55.3 Å². The number of nitrogens with zero attached hydrogens (tertiary/aromatic N) is 3. The van der Waals surface area contributed by atoms with Crippen molar-refractivity contribution in [3.05, 3.63) is 106 Å². The van der Waals surface area contributed by atoms with Crippen molar-refractivity contribution in [2.75, 3.05) is 31.1 Å². The van der Waals surface area contributed by atoms with Crippen molar-refractivity contribution < 1.29 is 22.8 Å². The fourth-order valence-electron chi connectivity index (χ4n) is 6.47. The second-order valence-electron chi connectivity index (χ2n) is 11.9. The number of hydrogen-bond acceptors (Lipinski definition) is 4. The number of hydrogen-bond donors (Lipinski definition) is 0. The molecule has 0 spiro atoms. The van der Waals surface area contributed by atoms with Crippen LogP contribution in [0.3, 0.4) is 0 Å². The van der Waals surface area contributed by atoms with Gasteiger partial charge in [0.2, 0.25) is 0 Å². The van der Waals surface area contributed by atoms with Gasteiger partial charge in [-0.15, -0.1) is 11.8 Å². The van der Waals surface area contributed by atoms with Crippen molar-refractivity contribution in [3.8, 4) is 0 Å². The van der Waals surface area contributed by atoms with Crippen LogP contribution in [0, 0.1) is 6.92 Å². The highest BCUT2D eigenvalue weighted by Gasteiger charge is 2.40. The summed E-state index contributed by atoms with van der Waals surface area (Å²) in [4.78, 5) is 33.5. The summed E-state index contributed by atoms with van der Waals surface area (Å²) in [5.41, 5.74) is 3.59. The van der Waals surface area contributed by atoms with E-state index in [9.17, 15) is 22.8 Å². The van der Waals surface area contributed by atoms with Crippen LogP contribution in [0.5, 0.6) is 0 Å². The van der Waals surface area contributed by atoms with Gasteiger partial charge in [-0.25, -0.2) is 0 Å². The zero-order valence-corrected chi connectivity index (χ0v) is 25.5. The lowest BCUT2D eigenvalue weighted by Crippen LogP contribution is -2.50. The number of thioether (sulfide) groups is 1. The average molecular weight is 620 g/mol. The van der Waals surface area contributed by atoms with E-state index in [2.05, 4.69) is 30.0 Å². The van der Waals surface area contributed by atoms with Gasteiger partial charge in [0.1, 0.15) is 0 Å². The Bertz CT molecular complexity index is 1550. The molecule has 6 rings (SSSR count). The zero-order valence-electron chi connectivity index (χ0n) is 24.7. The van der Waals surface area contributed by atoms with Crippen LogP contribution in [0.15, 0.2) is 77.7 Å². The molecule has 2 heterocycles. The highest BCUT2D eigenvalue weighted by Crippen LogP contribution is 2.43. The summed E-state index contributed by atoms with van der Waals surface area (Å²) in [5, 5.41) is 0.382. The quantitative estimate of drug-likeness (QED) is 0.279. The molecule has 3 aromatic rings. The molecule has 1 saturated carbocycles. The van der Waals surface area contributed by atoms with Gasteiger partial charge in [-0.1, -0.05) is 60.9 Å². The molecule has 3 aliphatic rings. The van der Waals surface area contributed by atoms with Gasteiger partial charge in [0.05, 0.1) is 10.5 Å². The van der Waals surface area contributed by atoms with Gasteiger partial charge >= 0.3 is 6.18 Å². The van der Waals surface area contributed by atoms with Gasteiger partial charge in [-0.3, -0.25) is 9.59 Å². The Labute approximate surface area is 260 Å². The lowest BCUT2D eigenvalue weighted by molar-refractivity contribution is -0.137. The molecule has 0 aromatic heterocycles. The van der Waals surface area contributed by atoms with E-state index in [4.69, 9.17) is 0 Å². The van der Waals surface area contributed by atoms with Crippen LogP contribution in [0.4, 0.5) is 18.9 Å². The first-order chi connectivity index (χ1) is 21.2. The lowest BCUT2D eigenvalue weighted by atomic mass is 9.92. The number of fused-ring (bicyclic) bond motifs is 1. The maximum Gasteiger partial charge on any atom is 0.416 e. The smallest absolute Gasteiger partial charge is 0.368 e. The van der Waals surface area contributed by atoms with E-state index in [1.54, 1.807) is 34.9 Å². The molecule has 2 amide bonds. The van der Waals surface area contributed by atoms with Crippen LogP contribution in [0.1, 0.15) is 58.3 Å². The van der Waals surface area contributed by atoms with E-state index < -0.39 is 11.7 Å². The Hall–Kier alpha value is -3.72. The van der Waals surface area contributed by atoms with E-state index in [0.717, 1.165) is 47.4 Å². The van der Waals surface area contributed by atoms with Gasteiger partial charge in [-0.05, 0) is 67.3 Å². The summed E-state index contributed by atoms with van der Waals surface area (Å²) in [6.45, 7) is 4.43. The molecule has 230 valence electrons. The van der Waals surface area contributed by atoms with Crippen molar-refractivity contribution in [3.63, 3.8) is 0 Å². The fraction of sp³-hybridized carbons (Fsp3) is 0.371. The van der Waals surface area contributed by atoms with E-state index >= 15 is 0 Å². The third kappa shape index (κ3) is 6.67. The highest BCUT2D eigenvalue weighted by atomic mass is 32.2. The number of anilines is 1. The minimum Gasteiger partial charge on any atom is -0.368 e. The highest BCUT2D eigenvalue weighted by molar-refractivity contribution is 8.04. The lowest BCUT2D eigenvalue weighted by Gasteiger charge is -2.44.